The predicted octanol–water partition coefficient (Wildman–Crippen LogP) is 4.43. The molecule has 2 aromatic rings. The van der Waals surface area contributed by atoms with Crippen LogP contribution in [0, 0.1) is 5.82 Å². The molecule has 0 spiro atoms. The summed E-state index contributed by atoms with van der Waals surface area (Å²) in [5.74, 6) is -0.128. The Morgan fingerprint density at radius 3 is 3.00 bits per heavy atom. The van der Waals surface area contributed by atoms with Crippen molar-refractivity contribution < 1.29 is 4.39 Å². The van der Waals surface area contributed by atoms with E-state index in [1.165, 1.54) is 10.4 Å². The number of halogens is 2. The highest BCUT2D eigenvalue weighted by Gasteiger charge is 2.22. The van der Waals surface area contributed by atoms with Crippen LogP contribution in [0.3, 0.4) is 0 Å². The highest BCUT2D eigenvalue weighted by Crippen LogP contribution is 2.32. The van der Waals surface area contributed by atoms with Gasteiger partial charge in [-0.3, -0.25) is 0 Å². The topological polar surface area (TPSA) is 12.0 Å². The van der Waals surface area contributed by atoms with Crippen LogP contribution >= 0.6 is 27.3 Å². The molecule has 1 nitrogen and oxygen atoms in total. The average Bonchev–Trinajstić information content (AvgIpc) is 2.92. The van der Waals surface area contributed by atoms with Crippen molar-refractivity contribution in [2.24, 2.45) is 0 Å². The first kappa shape index (κ1) is 12.3. The van der Waals surface area contributed by atoms with Gasteiger partial charge in [0.25, 0.3) is 0 Å². The smallest absolute Gasteiger partial charge is 0.123 e. The molecule has 1 N–H and O–H groups in total. The number of hydrogen-bond acceptors (Lipinski definition) is 2. The minimum absolute atomic E-state index is 0.128. The van der Waals surface area contributed by atoms with E-state index in [0.717, 1.165) is 28.7 Å². The van der Waals surface area contributed by atoms with Crippen molar-refractivity contribution in [3.63, 3.8) is 0 Å². The maximum atomic E-state index is 13.1. The number of hydrogen-bond donors (Lipinski definition) is 1. The summed E-state index contributed by atoms with van der Waals surface area (Å²) < 4.78 is 14.3. The second kappa shape index (κ2) is 5.11. The van der Waals surface area contributed by atoms with Gasteiger partial charge in [0.2, 0.25) is 0 Å². The third-order valence-corrected chi connectivity index (χ3v) is 4.96. The van der Waals surface area contributed by atoms with Crippen LogP contribution in [0.15, 0.2) is 34.1 Å². The fourth-order valence-electron chi connectivity index (χ4n) is 2.47. The Kier molecular flexibility index (Phi) is 3.50. The first-order valence-corrected chi connectivity index (χ1v) is 7.59. The zero-order valence-electron chi connectivity index (χ0n) is 9.75. The van der Waals surface area contributed by atoms with Gasteiger partial charge in [-0.25, -0.2) is 4.39 Å². The summed E-state index contributed by atoms with van der Waals surface area (Å²) in [4.78, 5) is 1.32. The summed E-state index contributed by atoms with van der Waals surface area (Å²) in [7, 11) is 0. The Morgan fingerprint density at radius 2 is 2.22 bits per heavy atom. The third-order valence-electron chi connectivity index (χ3n) is 3.33. The molecule has 4 heteroatoms. The Balaban J connectivity index is 1.69. The highest BCUT2D eigenvalue weighted by atomic mass is 79.9. The summed E-state index contributed by atoms with van der Waals surface area (Å²) in [5.41, 5.74) is 2.41. The summed E-state index contributed by atoms with van der Waals surface area (Å²) >= 11 is 5.22. The zero-order valence-corrected chi connectivity index (χ0v) is 12.2. The van der Waals surface area contributed by atoms with Crippen LogP contribution in [0.5, 0.6) is 0 Å². The van der Waals surface area contributed by atoms with Gasteiger partial charge in [-0.2, -0.15) is 0 Å². The van der Waals surface area contributed by atoms with Crippen molar-refractivity contribution in [3.05, 3.63) is 55.9 Å². The highest BCUT2D eigenvalue weighted by molar-refractivity contribution is 9.11. The van der Waals surface area contributed by atoms with Gasteiger partial charge in [0.15, 0.2) is 0 Å². The van der Waals surface area contributed by atoms with E-state index in [1.54, 1.807) is 23.5 Å². The van der Waals surface area contributed by atoms with Gasteiger partial charge >= 0.3 is 0 Å². The van der Waals surface area contributed by atoms with Crippen LogP contribution in [-0.4, -0.2) is 0 Å². The monoisotopic (exact) mass is 325 g/mol. The van der Waals surface area contributed by atoms with Gasteiger partial charge in [0.05, 0.1) is 3.79 Å². The lowest BCUT2D eigenvalue weighted by atomic mass is 10.1. The van der Waals surface area contributed by atoms with Gasteiger partial charge < -0.3 is 5.32 Å². The van der Waals surface area contributed by atoms with E-state index >= 15 is 0 Å². The van der Waals surface area contributed by atoms with Crippen LogP contribution in [-0.2, 0) is 13.0 Å². The zero-order chi connectivity index (χ0) is 12.5. The van der Waals surface area contributed by atoms with Crippen molar-refractivity contribution >= 4 is 27.3 Å². The van der Waals surface area contributed by atoms with Crippen LogP contribution in [0.2, 0.25) is 0 Å². The Morgan fingerprint density at radius 1 is 1.33 bits per heavy atom. The SMILES string of the molecule is Fc1ccc2c(c1)CCC2NCc1ccc(Br)s1. The van der Waals surface area contributed by atoms with E-state index in [9.17, 15) is 4.39 Å². The van der Waals surface area contributed by atoms with Crippen LogP contribution < -0.4 is 5.32 Å². The molecule has 18 heavy (non-hydrogen) atoms. The van der Waals surface area contributed by atoms with Crippen molar-refractivity contribution in [2.75, 3.05) is 0 Å². The Bertz CT molecular complexity index is 567. The minimum atomic E-state index is -0.128. The molecule has 1 heterocycles. The van der Waals surface area contributed by atoms with Gasteiger partial charge in [-0.15, -0.1) is 11.3 Å². The second-order valence-electron chi connectivity index (χ2n) is 4.52. The van der Waals surface area contributed by atoms with Crippen LogP contribution in [0.1, 0.15) is 28.5 Å². The maximum Gasteiger partial charge on any atom is 0.123 e. The molecule has 0 radical (unpaired) electrons. The van der Waals surface area contributed by atoms with Crippen LogP contribution in [0.4, 0.5) is 4.39 Å². The molecule has 1 aliphatic carbocycles. The summed E-state index contributed by atoms with van der Waals surface area (Å²) in [5, 5.41) is 3.55. The van der Waals surface area contributed by atoms with E-state index in [-0.39, 0.29) is 5.82 Å². The normalized spacial score (nSPS) is 18.0. The summed E-state index contributed by atoms with van der Waals surface area (Å²) in [6, 6.07) is 9.70. The van der Waals surface area contributed by atoms with Crippen molar-refractivity contribution in [1.82, 2.24) is 5.32 Å². The lowest BCUT2D eigenvalue weighted by Gasteiger charge is -2.13. The fraction of sp³-hybridized carbons (Fsp3) is 0.286. The maximum absolute atomic E-state index is 13.1. The summed E-state index contributed by atoms with van der Waals surface area (Å²) in [6.45, 7) is 0.873. The first-order valence-electron chi connectivity index (χ1n) is 5.98. The van der Waals surface area contributed by atoms with E-state index in [4.69, 9.17) is 0 Å². The lowest BCUT2D eigenvalue weighted by molar-refractivity contribution is 0.533. The molecule has 0 bridgehead atoms. The van der Waals surface area contributed by atoms with E-state index in [2.05, 4.69) is 33.4 Å². The molecule has 1 aromatic carbocycles. The molecular weight excluding hydrogens is 313 g/mol. The van der Waals surface area contributed by atoms with Crippen molar-refractivity contribution in [1.29, 1.82) is 0 Å². The number of fused-ring (bicyclic) bond motifs is 1. The molecule has 94 valence electrons. The average molecular weight is 326 g/mol. The quantitative estimate of drug-likeness (QED) is 0.880. The fourth-order valence-corrected chi connectivity index (χ4v) is 3.90. The molecule has 0 fully saturated rings. The molecule has 0 amide bonds. The molecule has 0 saturated heterocycles. The minimum Gasteiger partial charge on any atom is -0.305 e. The molecule has 1 aliphatic rings. The number of thiophene rings is 1. The molecule has 1 unspecified atom stereocenters. The lowest BCUT2D eigenvalue weighted by Crippen LogP contribution is -2.17. The molecule has 3 rings (SSSR count). The second-order valence-corrected chi connectivity index (χ2v) is 7.07. The molecule has 1 atom stereocenters. The van der Waals surface area contributed by atoms with E-state index < -0.39 is 0 Å². The molecule has 1 aromatic heterocycles. The van der Waals surface area contributed by atoms with Crippen molar-refractivity contribution in [2.45, 2.75) is 25.4 Å². The van der Waals surface area contributed by atoms with Crippen molar-refractivity contribution in [3.8, 4) is 0 Å². The molecule has 0 aliphatic heterocycles. The molecular formula is C14H13BrFNS. The Labute approximate surface area is 118 Å². The Hall–Kier alpha value is -0.710. The third kappa shape index (κ3) is 2.51. The number of rotatable bonds is 3. The molecule has 0 saturated carbocycles. The van der Waals surface area contributed by atoms with E-state index in [0.29, 0.717) is 6.04 Å². The first-order chi connectivity index (χ1) is 8.72. The standard InChI is InChI=1S/C14H13BrFNS/c15-14-6-3-11(18-14)8-17-13-5-1-9-7-10(16)2-4-12(9)13/h2-4,6-7,13,17H,1,5,8H2. The largest absolute Gasteiger partial charge is 0.305 e. The van der Waals surface area contributed by atoms with E-state index in [1.807, 2.05) is 6.07 Å². The van der Waals surface area contributed by atoms with Crippen LogP contribution in [0.25, 0.3) is 0 Å². The van der Waals surface area contributed by atoms with Gasteiger partial charge in [-0.1, -0.05) is 6.07 Å². The van der Waals surface area contributed by atoms with Gasteiger partial charge in [0.1, 0.15) is 5.82 Å². The summed E-state index contributed by atoms with van der Waals surface area (Å²) in [6.07, 6.45) is 2.03. The van der Waals surface area contributed by atoms with Gasteiger partial charge in [-0.05, 0) is 64.2 Å². The number of benzene rings is 1. The number of nitrogens with one attached hydrogen (secondary N) is 1. The predicted molar refractivity (Wildman–Crippen MR) is 76.3 cm³/mol. The van der Waals surface area contributed by atoms with Gasteiger partial charge in [0, 0.05) is 17.5 Å². The number of aryl methyl sites for hydroxylation is 1.